The zero-order valence-electron chi connectivity index (χ0n) is 15.6. The molecule has 142 valence electrons. The largest absolute Gasteiger partial charge is 0.463 e. The molecule has 2 aromatic rings. The highest BCUT2D eigenvalue weighted by molar-refractivity contribution is 5.92. The molecule has 0 aromatic heterocycles. The van der Waals surface area contributed by atoms with Gasteiger partial charge in [0, 0.05) is 12.1 Å². The normalized spacial score (nSPS) is 19.5. The van der Waals surface area contributed by atoms with E-state index in [1.165, 1.54) is 4.90 Å². The van der Waals surface area contributed by atoms with Gasteiger partial charge in [-0.3, -0.25) is 4.90 Å². The molecular weight excluding hydrogens is 354 g/mol. The molecule has 0 unspecified atom stereocenters. The highest BCUT2D eigenvalue weighted by Crippen LogP contribution is 2.45. The van der Waals surface area contributed by atoms with Gasteiger partial charge in [0.1, 0.15) is 6.61 Å². The highest BCUT2D eigenvalue weighted by atomic mass is 16.6. The molecule has 1 aliphatic heterocycles. The van der Waals surface area contributed by atoms with Gasteiger partial charge in [0.2, 0.25) is 0 Å². The summed E-state index contributed by atoms with van der Waals surface area (Å²) < 4.78 is 10.7. The number of hydrogen-bond donors (Lipinski definition) is 0. The first kappa shape index (κ1) is 18.0. The zero-order chi connectivity index (χ0) is 19.5. The van der Waals surface area contributed by atoms with Crippen LogP contribution in [0.1, 0.15) is 29.7 Å². The van der Waals surface area contributed by atoms with Crippen molar-refractivity contribution in [3.05, 3.63) is 89.1 Å². The minimum absolute atomic E-state index is 0.174. The van der Waals surface area contributed by atoms with Crippen LogP contribution in [0.2, 0.25) is 0 Å². The van der Waals surface area contributed by atoms with Gasteiger partial charge in [0.25, 0.3) is 0 Å². The standard InChI is InChI=1S/C23H21NO4/c1-2-27-22(25)20-14-24(23(26)28-15-16-8-4-3-5-9-16)21-18-11-7-6-10-17(18)12-13-19(20)21/h3-14,19,21H,2,15H2,1H3/t19-,21-/m0/s1. The average molecular weight is 375 g/mol. The molecule has 28 heavy (non-hydrogen) atoms. The van der Waals surface area contributed by atoms with Crippen molar-refractivity contribution in [2.24, 2.45) is 5.92 Å². The molecule has 2 aliphatic rings. The molecule has 1 heterocycles. The van der Waals surface area contributed by atoms with Gasteiger partial charge in [-0.05, 0) is 23.6 Å². The third kappa shape index (κ3) is 3.31. The number of carbonyl (C=O) groups excluding carboxylic acids is 2. The van der Waals surface area contributed by atoms with Crippen molar-refractivity contribution in [1.29, 1.82) is 0 Å². The smallest absolute Gasteiger partial charge is 0.414 e. The molecule has 0 fully saturated rings. The Hall–Kier alpha value is -3.34. The van der Waals surface area contributed by atoms with Gasteiger partial charge < -0.3 is 9.47 Å². The van der Waals surface area contributed by atoms with E-state index >= 15 is 0 Å². The maximum atomic E-state index is 12.9. The second-order valence-electron chi connectivity index (χ2n) is 6.71. The van der Waals surface area contributed by atoms with Crippen molar-refractivity contribution in [1.82, 2.24) is 4.90 Å². The lowest BCUT2D eigenvalue weighted by atomic mass is 9.82. The van der Waals surface area contributed by atoms with E-state index in [1.54, 1.807) is 13.1 Å². The van der Waals surface area contributed by atoms with Crippen LogP contribution in [-0.4, -0.2) is 23.6 Å². The minimum atomic E-state index is -0.483. The Morgan fingerprint density at radius 2 is 1.75 bits per heavy atom. The maximum Gasteiger partial charge on any atom is 0.414 e. The molecule has 1 amide bonds. The summed E-state index contributed by atoms with van der Waals surface area (Å²) in [6, 6.07) is 17.1. The highest BCUT2D eigenvalue weighted by Gasteiger charge is 2.44. The molecule has 1 aliphatic carbocycles. The fourth-order valence-corrected chi connectivity index (χ4v) is 3.71. The number of hydrogen-bond acceptors (Lipinski definition) is 4. The van der Waals surface area contributed by atoms with Crippen molar-refractivity contribution in [2.75, 3.05) is 6.61 Å². The molecule has 2 aromatic carbocycles. The number of rotatable bonds is 4. The number of ether oxygens (including phenoxy) is 2. The predicted octanol–water partition coefficient (Wildman–Crippen LogP) is 4.47. The van der Waals surface area contributed by atoms with Gasteiger partial charge in [-0.15, -0.1) is 0 Å². The van der Waals surface area contributed by atoms with E-state index in [1.807, 2.05) is 66.7 Å². The monoisotopic (exact) mass is 375 g/mol. The van der Waals surface area contributed by atoms with Crippen LogP contribution < -0.4 is 0 Å². The number of nitrogens with zero attached hydrogens (tertiary/aromatic N) is 1. The minimum Gasteiger partial charge on any atom is -0.463 e. The number of benzene rings is 2. The third-order valence-corrected chi connectivity index (χ3v) is 5.00. The van der Waals surface area contributed by atoms with Crippen LogP contribution in [0.15, 0.2) is 72.4 Å². The van der Waals surface area contributed by atoms with Crippen molar-refractivity contribution in [3.8, 4) is 0 Å². The summed E-state index contributed by atoms with van der Waals surface area (Å²) in [5.41, 5.74) is 3.39. The van der Waals surface area contributed by atoms with E-state index in [0.29, 0.717) is 5.57 Å². The van der Waals surface area contributed by atoms with Gasteiger partial charge in [-0.25, -0.2) is 9.59 Å². The van der Waals surface area contributed by atoms with Crippen molar-refractivity contribution < 1.29 is 19.1 Å². The third-order valence-electron chi connectivity index (χ3n) is 5.00. The summed E-state index contributed by atoms with van der Waals surface area (Å²) >= 11 is 0. The molecular formula is C23H21NO4. The van der Waals surface area contributed by atoms with Crippen molar-refractivity contribution >= 4 is 18.1 Å². The molecule has 5 heteroatoms. The van der Waals surface area contributed by atoms with Crippen LogP contribution >= 0.6 is 0 Å². The summed E-state index contributed by atoms with van der Waals surface area (Å²) in [5.74, 6) is -0.655. The Bertz CT molecular complexity index is 948. The Kier molecular flexibility index (Phi) is 4.98. The first-order chi connectivity index (χ1) is 13.7. The summed E-state index contributed by atoms with van der Waals surface area (Å²) in [7, 11) is 0. The van der Waals surface area contributed by atoms with Crippen LogP contribution in [0.4, 0.5) is 4.79 Å². The molecule has 2 atom stereocenters. The fourth-order valence-electron chi connectivity index (χ4n) is 3.71. The second-order valence-corrected chi connectivity index (χ2v) is 6.71. The quantitative estimate of drug-likeness (QED) is 0.740. The Balaban J connectivity index is 1.62. The van der Waals surface area contributed by atoms with Gasteiger partial charge in [-0.2, -0.15) is 0 Å². The first-order valence-corrected chi connectivity index (χ1v) is 9.34. The molecule has 4 rings (SSSR count). The predicted molar refractivity (Wildman–Crippen MR) is 105 cm³/mol. The molecule has 0 N–H and O–H groups in total. The number of esters is 1. The van der Waals surface area contributed by atoms with Gasteiger partial charge in [0.05, 0.1) is 18.2 Å². The van der Waals surface area contributed by atoms with E-state index in [2.05, 4.69) is 0 Å². The molecule has 5 nitrogen and oxygen atoms in total. The fraction of sp³-hybridized carbons (Fsp3) is 0.217. The second kappa shape index (κ2) is 7.72. The SMILES string of the molecule is CCOC(=O)C1=CN(C(=O)OCc2ccccc2)[C@H]2c3ccccc3C=C[C@@H]12. The molecule has 0 saturated heterocycles. The van der Waals surface area contributed by atoms with E-state index < -0.39 is 12.1 Å². The lowest BCUT2D eigenvalue weighted by Gasteiger charge is -2.30. The van der Waals surface area contributed by atoms with Crippen LogP contribution in [-0.2, 0) is 20.9 Å². The van der Waals surface area contributed by atoms with E-state index in [0.717, 1.165) is 16.7 Å². The molecule has 0 bridgehead atoms. The van der Waals surface area contributed by atoms with E-state index in [4.69, 9.17) is 9.47 Å². The van der Waals surface area contributed by atoms with Crippen LogP contribution in [0.3, 0.4) is 0 Å². The maximum absolute atomic E-state index is 12.9. The van der Waals surface area contributed by atoms with Crippen LogP contribution in [0.25, 0.3) is 6.08 Å². The summed E-state index contributed by atoms with van der Waals surface area (Å²) in [4.78, 5) is 26.9. The lowest BCUT2D eigenvalue weighted by molar-refractivity contribution is -0.138. The number of fused-ring (bicyclic) bond motifs is 3. The summed E-state index contributed by atoms with van der Waals surface area (Å²) in [6.45, 7) is 2.22. The number of carbonyl (C=O) groups is 2. The zero-order valence-corrected chi connectivity index (χ0v) is 15.6. The molecule has 0 radical (unpaired) electrons. The summed E-state index contributed by atoms with van der Waals surface area (Å²) in [5, 5.41) is 0. The Morgan fingerprint density at radius 1 is 1.00 bits per heavy atom. The summed E-state index contributed by atoms with van der Waals surface area (Å²) in [6.07, 6.45) is 5.04. The van der Waals surface area contributed by atoms with Crippen molar-refractivity contribution in [2.45, 2.75) is 19.6 Å². The van der Waals surface area contributed by atoms with Crippen LogP contribution in [0, 0.1) is 5.92 Å². The topological polar surface area (TPSA) is 55.8 Å². The molecule has 0 saturated carbocycles. The van der Waals surface area contributed by atoms with Crippen LogP contribution in [0.5, 0.6) is 0 Å². The Morgan fingerprint density at radius 3 is 2.54 bits per heavy atom. The van der Waals surface area contributed by atoms with E-state index in [-0.39, 0.29) is 25.2 Å². The Labute approximate surface area is 163 Å². The van der Waals surface area contributed by atoms with E-state index in [9.17, 15) is 9.59 Å². The lowest BCUT2D eigenvalue weighted by Crippen LogP contribution is -2.32. The van der Waals surface area contributed by atoms with Crippen molar-refractivity contribution in [3.63, 3.8) is 0 Å². The first-order valence-electron chi connectivity index (χ1n) is 9.34. The molecule has 0 spiro atoms. The average Bonchev–Trinajstić information content (AvgIpc) is 3.13. The van der Waals surface area contributed by atoms with Gasteiger partial charge in [-0.1, -0.05) is 66.7 Å². The van der Waals surface area contributed by atoms with Gasteiger partial charge >= 0.3 is 12.1 Å². The number of amides is 1. The van der Waals surface area contributed by atoms with Gasteiger partial charge in [0.15, 0.2) is 0 Å².